The Bertz CT molecular complexity index is 1710. The molecule has 2 aliphatic heterocycles. The Morgan fingerprint density at radius 3 is 1.32 bits per heavy atom. The van der Waals surface area contributed by atoms with E-state index in [1.54, 1.807) is 6.08 Å². The lowest BCUT2D eigenvalue weighted by Gasteiger charge is -2.46. The van der Waals surface area contributed by atoms with Gasteiger partial charge in [0, 0.05) is 6.42 Å². The standard InChI is InChI=1S/C66H113NO13/c1-3-5-7-9-11-13-15-17-19-21-23-24-25-26-27-28-29-30-32-34-36-38-40-42-44-46-48-50-58(71)67-54(55(70)49-47-45-43-41-39-37-35-33-31-22-20-18-16-14-12-10-8-6-4-2)53-77-65-63(76)61(74)64(57(52-69)79-65)80-66-62(75)60(73)59(72)56(51-68)78-66/h5,7,11,13,17,19,23-24,26-27,29-30,34,36,47,49,54-57,59-66,68-70,72-76H,3-4,6,8-10,12,14-16,18,20-22,25,28,31-33,35,37-46,48,50-53H2,1-2H3,(H,67,71)/b7-5-,13-11-,19-17-,24-23-,27-26-,30-29-,36-34-,49-47+. The molecule has 9 N–H and O–H groups in total. The number of allylic oxidation sites excluding steroid dienone is 15. The molecular formula is C66H113NO13. The zero-order valence-corrected chi connectivity index (χ0v) is 49.5. The summed E-state index contributed by atoms with van der Waals surface area (Å²) in [7, 11) is 0. The first-order valence-electron chi connectivity index (χ1n) is 31.5. The Balaban J connectivity index is 1.76. The lowest BCUT2D eigenvalue weighted by molar-refractivity contribution is -0.359. The van der Waals surface area contributed by atoms with E-state index in [-0.39, 0.29) is 18.9 Å². The number of ether oxygens (including phenoxy) is 4. The van der Waals surface area contributed by atoms with Gasteiger partial charge in [-0.25, -0.2) is 0 Å². The molecule has 2 fully saturated rings. The summed E-state index contributed by atoms with van der Waals surface area (Å²) >= 11 is 0. The van der Waals surface area contributed by atoms with Gasteiger partial charge in [-0.2, -0.15) is 0 Å². The zero-order valence-electron chi connectivity index (χ0n) is 49.5. The quantitative estimate of drug-likeness (QED) is 0.0204. The molecule has 14 nitrogen and oxygen atoms in total. The Hall–Kier alpha value is -3.09. The lowest BCUT2D eigenvalue weighted by Crippen LogP contribution is -2.65. The minimum Gasteiger partial charge on any atom is -0.394 e. The second kappa shape index (κ2) is 50.4. The number of rotatable bonds is 49. The molecule has 0 aromatic rings. The molecule has 0 aromatic heterocycles. The van der Waals surface area contributed by atoms with Crippen LogP contribution in [0.1, 0.15) is 219 Å². The van der Waals surface area contributed by atoms with Crippen molar-refractivity contribution in [2.45, 2.75) is 293 Å². The summed E-state index contributed by atoms with van der Waals surface area (Å²) in [6, 6.07) is -0.933. The summed E-state index contributed by atoms with van der Waals surface area (Å²) in [5.74, 6) is -0.261. The summed E-state index contributed by atoms with van der Waals surface area (Å²) in [6.07, 6.45) is 52.9. The van der Waals surface area contributed by atoms with Gasteiger partial charge in [-0.15, -0.1) is 0 Å². The van der Waals surface area contributed by atoms with Gasteiger partial charge < -0.3 is 65.1 Å². The van der Waals surface area contributed by atoms with E-state index in [1.807, 2.05) is 6.08 Å². The third kappa shape index (κ3) is 35.1. The van der Waals surface area contributed by atoms with Gasteiger partial charge in [0.1, 0.15) is 48.8 Å². The van der Waals surface area contributed by atoms with Crippen LogP contribution in [0.2, 0.25) is 0 Å². The monoisotopic (exact) mass is 1130 g/mol. The Labute approximate surface area is 483 Å². The maximum atomic E-state index is 13.3. The molecule has 0 aromatic carbocycles. The molecule has 0 saturated carbocycles. The highest BCUT2D eigenvalue weighted by Gasteiger charge is 2.51. The number of aliphatic hydroxyl groups excluding tert-OH is 8. The van der Waals surface area contributed by atoms with Crippen molar-refractivity contribution < 1.29 is 64.6 Å². The third-order valence-corrected chi connectivity index (χ3v) is 14.8. The predicted molar refractivity (Wildman–Crippen MR) is 323 cm³/mol. The van der Waals surface area contributed by atoms with E-state index in [9.17, 15) is 45.6 Å². The molecule has 2 saturated heterocycles. The number of nitrogens with one attached hydrogen (secondary N) is 1. The van der Waals surface area contributed by atoms with Crippen LogP contribution in [0.3, 0.4) is 0 Å². The van der Waals surface area contributed by atoms with Crippen molar-refractivity contribution in [2.75, 3.05) is 19.8 Å². The minimum absolute atomic E-state index is 0.253. The van der Waals surface area contributed by atoms with Crippen LogP contribution in [-0.4, -0.2) is 140 Å². The Morgan fingerprint density at radius 1 is 0.463 bits per heavy atom. The van der Waals surface area contributed by atoms with Crippen LogP contribution in [0, 0.1) is 0 Å². The van der Waals surface area contributed by atoms with E-state index in [1.165, 1.54) is 96.3 Å². The molecule has 0 radical (unpaired) electrons. The van der Waals surface area contributed by atoms with Gasteiger partial charge in [0.15, 0.2) is 12.6 Å². The fourth-order valence-corrected chi connectivity index (χ4v) is 9.74. The predicted octanol–water partition coefficient (Wildman–Crippen LogP) is 11.4. The summed E-state index contributed by atoms with van der Waals surface area (Å²) < 4.78 is 22.8. The second-order valence-corrected chi connectivity index (χ2v) is 21.8. The van der Waals surface area contributed by atoms with Crippen LogP contribution < -0.4 is 5.32 Å². The van der Waals surface area contributed by atoms with Gasteiger partial charge in [0.2, 0.25) is 5.91 Å². The van der Waals surface area contributed by atoms with Crippen LogP contribution in [0.15, 0.2) is 97.2 Å². The van der Waals surface area contributed by atoms with Gasteiger partial charge >= 0.3 is 0 Å². The van der Waals surface area contributed by atoms with Crippen molar-refractivity contribution in [1.82, 2.24) is 5.32 Å². The van der Waals surface area contributed by atoms with Crippen molar-refractivity contribution in [3.05, 3.63) is 97.2 Å². The summed E-state index contributed by atoms with van der Waals surface area (Å²) in [5, 5.41) is 87.2. The van der Waals surface area contributed by atoms with Crippen molar-refractivity contribution >= 4 is 5.91 Å². The number of unbranched alkanes of at least 4 members (excludes halogenated alkanes) is 22. The molecule has 0 spiro atoms. The molecular weight excluding hydrogens is 1010 g/mol. The van der Waals surface area contributed by atoms with E-state index < -0.39 is 86.8 Å². The molecule has 12 unspecified atom stereocenters. The van der Waals surface area contributed by atoms with E-state index in [4.69, 9.17) is 18.9 Å². The van der Waals surface area contributed by atoms with Crippen molar-refractivity contribution in [2.24, 2.45) is 0 Å². The van der Waals surface area contributed by atoms with Gasteiger partial charge in [-0.1, -0.05) is 233 Å². The van der Waals surface area contributed by atoms with Gasteiger partial charge in [0.05, 0.1) is 32.0 Å². The van der Waals surface area contributed by atoms with Crippen LogP contribution >= 0.6 is 0 Å². The summed E-state index contributed by atoms with van der Waals surface area (Å²) in [4.78, 5) is 13.3. The van der Waals surface area contributed by atoms with E-state index in [2.05, 4.69) is 104 Å². The highest BCUT2D eigenvalue weighted by molar-refractivity contribution is 5.76. The molecule has 80 heavy (non-hydrogen) atoms. The first kappa shape index (κ1) is 73.0. The van der Waals surface area contributed by atoms with E-state index in [0.29, 0.717) is 6.42 Å². The Kier molecular flexibility index (Phi) is 46.0. The maximum absolute atomic E-state index is 13.3. The molecule has 12 atom stereocenters. The number of aliphatic hydroxyl groups is 8. The number of carbonyl (C=O) groups excluding carboxylic acids is 1. The van der Waals surface area contributed by atoms with Crippen molar-refractivity contribution in [3.8, 4) is 0 Å². The highest BCUT2D eigenvalue weighted by Crippen LogP contribution is 2.30. The zero-order chi connectivity index (χ0) is 58.1. The van der Waals surface area contributed by atoms with Gasteiger partial charge in [-0.05, 0) is 77.0 Å². The van der Waals surface area contributed by atoms with Crippen LogP contribution in [0.25, 0.3) is 0 Å². The largest absolute Gasteiger partial charge is 0.394 e. The fraction of sp³-hybridized carbons (Fsp3) is 0.742. The molecule has 1 amide bonds. The van der Waals surface area contributed by atoms with Gasteiger partial charge in [-0.3, -0.25) is 4.79 Å². The first-order chi connectivity index (χ1) is 39.1. The average Bonchev–Trinajstić information content (AvgIpc) is 3.49. The van der Waals surface area contributed by atoms with E-state index in [0.717, 1.165) is 96.3 Å². The summed E-state index contributed by atoms with van der Waals surface area (Å²) in [6.45, 7) is 2.67. The molecule has 460 valence electrons. The number of carbonyl (C=O) groups is 1. The average molecular weight is 1130 g/mol. The SMILES string of the molecule is CC/C=C\C/C=C\C/C=C\C/C=C\C/C=C\C/C=C\C/C=C\CCCCCCCC(=O)NC(COC1OC(CO)C(OC2OC(CO)C(O)C(O)C2O)C(O)C1O)C(O)/C=C/CCCCCCCCCCCCCCCCCCC. The second-order valence-electron chi connectivity index (χ2n) is 21.8. The van der Waals surface area contributed by atoms with Gasteiger partial charge in [0.25, 0.3) is 0 Å². The number of hydrogen-bond acceptors (Lipinski definition) is 13. The number of amides is 1. The van der Waals surface area contributed by atoms with Crippen molar-refractivity contribution in [1.29, 1.82) is 0 Å². The van der Waals surface area contributed by atoms with Crippen LogP contribution in [-0.2, 0) is 23.7 Å². The summed E-state index contributed by atoms with van der Waals surface area (Å²) in [5.41, 5.74) is 0. The molecule has 2 aliphatic rings. The lowest BCUT2D eigenvalue weighted by atomic mass is 9.97. The molecule has 0 aliphatic carbocycles. The molecule has 0 bridgehead atoms. The Morgan fingerprint density at radius 2 is 0.863 bits per heavy atom. The minimum atomic E-state index is -1.80. The topological polar surface area (TPSA) is 228 Å². The molecule has 14 heteroatoms. The van der Waals surface area contributed by atoms with Crippen LogP contribution in [0.4, 0.5) is 0 Å². The number of hydrogen-bond donors (Lipinski definition) is 9. The molecule has 2 heterocycles. The van der Waals surface area contributed by atoms with Crippen molar-refractivity contribution in [3.63, 3.8) is 0 Å². The first-order valence-corrected chi connectivity index (χ1v) is 31.5. The fourth-order valence-electron chi connectivity index (χ4n) is 9.74. The third-order valence-electron chi connectivity index (χ3n) is 14.8. The smallest absolute Gasteiger partial charge is 0.220 e. The van der Waals surface area contributed by atoms with Crippen LogP contribution in [0.5, 0.6) is 0 Å². The molecule has 2 rings (SSSR count). The maximum Gasteiger partial charge on any atom is 0.220 e. The normalized spacial score (nSPS) is 24.9. The van der Waals surface area contributed by atoms with E-state index >= 15 is 0 Å². The highest BCUT2D eigenvalue weighted by atomic mass is 16.7.